The lowest BCUT2D eigenvalue weighted by molar-refractivity contribution is -0.127. The first kappa shape index (κ1) is 17.5. The lowest BCUT2D eigenvalue weighted by Gasteiger charge is -2.31. The van der Waals surface area contributed by atoms with E-state index in [9.17, 15) is 9.59 Å². The summed E-state index contributed by atoms with van der Waals surface area (Å²) in [4.78, 5) is 28.2. The van der Waals surface area contributed by atoms with Gasteiger partial charge in [-0.15, -0.1) is 0 Å². The SMILES string of the molecule is CC(C(=O)Nc1ccccc1Sc1ccccc1)N1CCNC(=O)C1. The maximum absolute atomic E-state index is 12.6. The van der Waals surface area contributed by atoms with Crippen molar-refractivity contribution in [2.24, 2.45) is 0 Å². The van der Waals surface area contributed by atoms with Gasteiger partial charge in [0.1, 0.15) is 0 Å². The summed E-state index contributed by atoms with van der Waals surface area (Å²) >= 11 is 1.61. The summed E-state index contributed by atoms with van der Waals surface area (Å²) in [6, 6.07) is 17.4. The van der Waals surface area contributed by atoms with Crippen LogP contribution in [0.4, 0.5) is 5.69 Å². The highest BCUT2D eigenvalue weighted by atomic mass is 32.2. The Labute approximate surface area is 151 Å². The molecule has 0 bridgehead atoms. The van der Waals surface area contributed by atoms with Crippen molar-refractivity contribution in [3.8, 4) is 0 Å². The molecule has 1 aliphatic heterocycles. The number of benzene rings is 2. The number of carbonyl (C=O) groups is 2. The van der Waals surface area contributed by atoms with Gasteiger partial charge in [-0.3, -0.25) is 14.5 Å². The third-order valence-electron chi connectivity index (χ3n) is 4.11. The van der Waals surface area contributed by atoms with Crippen LogP contribution in [0.5, 0.6) is 0 Å². The Balaban J connectivity index is 1.69. The number of amides is 2. The molecular formula is C19H21N3O2S. The molecule has 1 fully saturated rings. The van der Waals surface area contributed by atoms with E-state index in [1.165, 1.54) is 0 Å². The number of hydrogen-bond donors (Lipinski definition) is 2. The predicted molar refractivity (Wildman–Crippen MR) is 99.7 cm³/mol. The van der Waals surface area contributed by atoms with Gasteiger partial charge in [-0.1, -0.05) is 42.1 Å². The second-order valence-corrected chi connectivity index (χ2v) is 7.01. The Morgan fingerprint density at radius 3 is 2.64 bits per heavy atom. The van der Waals surface area contributed by atoms with E-state index in [2.05, 4.69) is 10.6 Å². The summed E-state index contributed by atoms with van der Waals surface area (Å²) in [7, 11) is 0. The molecule has 130 valence electrons. The molecule has 2 aromatic carbocycles. The van der Waals surface area contributed by atoms with Crippen LogP contribution >= 0.6 is 11.8 Å². The number of para-hydroxylation sites is 1. The molecule has 0 aromatic heterocycles. The third-order valence-corrected chi connectivity index (χ3v) is 5.19. The molecule has 1 heterocycles. The third kappa shape index (κ3) is 4.61. The van der Waals surface area contributed by atoms with Gasteiger partial charge in [0.25, 0.3) is 0 Å². The largest absolute Gasteiger partial charge is 0.354 e. The molecule has 25 heavy (non-hydrogen) atoms. The molecule has 2 N–H and O–H groups in total. The first-order valence-corrected chi connectivity index (χ1v) is 9.08. The molecule has 2 aromatic rings. The summed E-state index contributed by atoms with van der Waals surface area (Å²) in [5.41, 5.74) is 0.787. The summed E-state index contributed by atoms with van der Waals surface area (Å²) in [6.45, 7) is 3.35. The minimum Gasteiger partial charge on any atom is -0.354 e. The molecule has 0 saturated carbocycles. The summed E-state index contributed by atoms with van der Waals surface area (Å²) in [5.74, 6) is -0.137. The summed E-state index contributed by atoms with van der Waals surface area (Å²) in [6.07, 6.45) is 0. The van der Waals surface area contributed by atoms with Crippen LogP contribution in [-0.2, 0) is 9.59 Å². The fourth-order valence-electron chi connectivity index (χ4n) is 2.67. The average molecular weight is 355 g/mol. The zero-order valence-corrected chi connectivity index (χ0v) is 14.9. The van der Waals surface area contributed by atoms with Gasteiger partial charge in [0, 0.05) is 22.9 Å². The van der Waals surface area contributed by atoms with Crippen molar-refractivity contribution in [3.05, 3.63) is 54.6 Å². The van der Waals surface area contributed by atoms with Crippen molar-refractivity contribution in [1.29, 1.82) is 0 Å². The van der Waals surface area contributed by atoms with Crippen LogP contribution < -0.4 is 10.6 Å². The fraction of sp³-hybridized carbons (Fsp3) is 0.263. The molecule has 1 atom stereocenters. The molecule has 0 spiro atoms. The maximum Gasteiger partial charge on any atom is 0.241 e. The first-order chi connectivity index (χ1) is 12.1. The van der Waals surface area contributed by atoms with Crippen molar-refractivity contribution in [1.82, 2.24) is 10.2 Å². The van der Waals surface area contributed by atoms with Gasteiger partial charge in [-0.05, 0) is 31.2 Å². The molecule has 0 radical (unpaired) electrons. The average Bonchev–Trinajstić information content (AvgIpc) is 2.63. The van der Waals surface area contributed by atoms with E-state index >= 15 is 0 Å². The second kappa shape index (κ2) is 8.18. The van der Waals surface area contributed by atoms with E-state index in [0.29, 0.717) is 13.1 Å². The van der Waals surface area contributed by atoms with Crippen molar-refractivity contribution in [2.75, 3.05) is 25.0 Å². The Morgan fingerprint density at radius 2 is 1.88 bits per heavy atom. The van der Waals surface area contributed by atoms with E-state index in [0.717, 1.165) is 15.5 Å². The standard InChI is InChI=1S/C19H21N3O2S/c1-14(22-12-11-20-18(23)13-22)19(24)21-16-9-5-6-10-17(16)25-15-7-3-2-4-8-15/h2-10,14H,11-13H2,1H3,(H,20,23)(H,21,24). The van der Waals surface area contributed by atoms with Gasteiger partial charge in [0.2, 0.25) is 11.8 Å². The number of anilines is 1. The van der Waals surface area contributed by atoms with Crippen LogP contribution in [0, 0.1) is 0 Å². The van der Waals surface area contributed by atoms with Gasteiger partial charge in [0.15, 0.2) is 0 Å². The molecule has 0 aliphatic carbocycles. The number of nitrogens with one attached hydrogen (secondary N) is 2. The Kier molecular flexibility index (Phi) is 5.73. The van der Waals surface area contributed by atoms with Crippen molar-refractivity contribution in [3.63, 3.8) is 0 Å². The van der Waals surface area contributed by atoms with Crippen LogP contribution in [0.25, 0.3) is 0 Å². The summed E-state index contributed by atoms with van der Waals surface area (Å²) < 4.78 is 0. The van der Waals surface area contributed by atoms with Crippen LogP contribution in [0.15, 0.2) is 64.4 Å². The van der Waals surface area contributed by atoms with Crippen LogP contribution in [-0.4, -0.2) is 42.4 Å². The van der Waals surface area contributed by atoms with Crippen molar-refractivity contribution >= 4 is 29.3 Å². The quantitative estimate of drug-likeness (QED) is 0.865. The topological polar surface area (TPSA) is 61.4 Å². The molecule has 1 unspecified atom stereocenters. The number of piperazine rings is 1. The van der Waals surface area contributed by atoms with Crippen molar-refractivity contribution < 1.29 is 9.59 Å². The van der Waals surface area contributed by atoms with E-state index < -0.39 is 0 Å². The van der Waals surface area contributed by atoms with E-state index in [1.54, 1.807) is 11.8 Å². The van der Waals surface area contributed by atoms with Crippen LogP contribution in [0.2, 0.25) is 0 Å². The Morgan fingerprint density at radius 1 is 1.16 bits per heavy atom. The smallest absolute Gasteiger partial charge is 0.241 e. The van der Waals surface area contributed by atoms with Crippen molar-refractivity contribution in [2.45, 2.75) is 22.8 Å². The monoisotopic (exact) mass is 355 g/mol. The van der Waals surface area contributed by atoms with Gasteiger partial charge >= 0.3 is 0 Å². The highest BCUT2D eigenvalue weighted by Crippen LogP contribution is 2.33. The second-order valence-electron chi connectivity index (χ2n) is 5.90. The van der Waals surface area contributed by atoms with Gasteiger partial charge < -0.3 is 10.6 Å². The molecule has 3 rings (SSSR count). The Bertz CT molecular complexity index is 751. The molecule has 5 nitrogen and oxygen atoms in total. The maximum atomic E-state index is 12.6. The number of hydrogen-bond acceptors (Lipinski definition) is 4. The first-order valence-electron chi connectivity index (χ1n) is 8.27. The zero-order valence-electron chi connectivity index (χ0n) is 14.1. The zero-order chi connectivity index (χ0) is 17.6. The van der Waals surface area contributed by atoms with E-state index in [-0.39, 0.29) is 24.4 Å². The highest BCUT2D eigenvalue weighted by Gasteiger charge is 2.26. The van der Waals surface area contributed by atoms with Crippen LogP contribution in [0.1, 0.15) is 6.92 Å². The molecule has 1 aliphatic rings. The number of nitrogens with zero attached hydrogens (tertiary/aromatic N) is 1. The van der Waals surface area contributed by atoms with Gasteiger partial charge in [-0.25, -0.2) is 0 Å². The van der Waals surface area contributed by atoms with Gasteiger partial charge in [0.05, 0.1) is 18.3 Å². The summed E-state index contributed by atoms with van der Waals surface area (Å²) in [5, 5.41) is 5.79. The minimum atomic E-state index is -0.360. The molecule has 2 amide bonds. The van der Waals surface area contributed by atoms with Crippen LogP contribution in [0.3, 0.4) is 0 Å². The lowest BCUT2D eigenvalue weighted by Crippen LogP contribution is -2.53. The van der Waals surface area contributed by atoms with E-state index in [1.807, 2.05) is 66.4 Å². The lowest BCUT2D eigenvalue weighted by atomic mass is 10.2. The minimum absolute atomic E-state index is 0.0362. The van der Waals surface area contributed by atoms with E-state index in [4.69, 9.17) is 0 Å². The normalized spacial score (nSPS) is 16.1. The number of carbonyl (C=O) groups excluding carboxylic acids is 2. The number of rotatable bonds is 5. The predicted octanol–water partition coefficient (Wildman–Crippen LogP) is 2.60. The highest BCUT2D eigenvalue weighted by molar-refractivity contribution is 7.99. The fourth-order valence-corrected chi connectivity index (χ4v) is 3.59. The Hall–Kier alpha value is -2.31. The molecular weight excluding hydrogens is 334 g/mol. The molecule has 6 heteroatoms. The van der Waals surface area contributed by atoms with Gasteiger partial charge in [-0.2, -0.15) is 0 Å². The molecule has 1 saturated heterocycles.